The highest BCUT2D eigenvalue weighted by Crippen LogP contribution is 2.29. The fourth-order valence-electron chi connectivity index (χ4n) is 2.03. The topological polar surface area (TPSA) is 92.3 Å². The van der Waals surface area contributed by atoms with Gasteiger partial charge in [0.1, 0.15) is 6.54 Å². The van der Waals surface area contributed by atoms with E-state index in [1.807, 2.05) is 13.8 Å². The maximum absolute atomic E-state index is 12.4. The van der Waals surface area contributed by atoms with E-state index in [1.165, 1.54) is 29.2 Å². The molecule has 1 aromatic heterocycles. The third-order valence-corrected chi connectivity index (χ3v) is 6.41. The van der Waals surface area contributed by atoms with Crippen LogP contribution in [0.25, 0.3) is 0 Å². The first kappa shape index (κ1) is 20.9. The Hall–Kier alpha value is -1.36. The first-order chi connectivity index (χ1) is 12.1. The van der Waals surface area contributed by atoms with Crippen LogP contribution in [-0.2, 0) is 14.8 Å². The number of nitrogens with one attached hydrogen (secondary N) is 1. The molecule has 0 atom stereocenters. The Morgan fingerprint density at radius 3 is 2.69 bits per heavy atom. The van der Waals surface area contributed by atoms with Crippen molar-refractivity contribution in [2.45, 2.75) is 30.4 Å². The van der Waals surface area contributed by atoms with Crippen molar-refractivity contribution in [2.24, 2.45) is 0 Å². The van der Waals surface area contributed by atoms with E-state index in [2.05, 4.69) is 15.5 Å². The van der Waals surface area contributed by atoms with Crippen molar-refractivity contribution in [3.05, 3.63) is 28.8 Å². The quantitative estimate of drug-likeness (QED) is 0.530. The lowest BCUT2D eigenvalue weighted by Gasteiger charge is -2.23. The molecule has 0 aliphatic heterocycles. The number of rotatable bonds is 7. The molecule has 1 amide bonds. The standard InChI is InChI=1S/C15H19ClN4O3S3/c1-9(2)24-15-19-18-14(25-15)17-13(21)8-20(26(4,22)23)12-7-11(16)6-5-10(12)3/h5-7,9H,8H2,1-4H3,(H,17,18,21). The molecule has 1 aromatic carbocycles. The molecular weight excluding hydrogens is 416 g/mol. The molecule has 0 aliphatic rings. The van der Waals surface area contributed by atoms with Gasteiger partial charge in [0, 0.05) is 10.3 Å². The van der Waals surface area contributed by atoms with Crippen molar-refractivity contribution >= 4 is 61.4 Å². The number of amides is 1. The summed E-state index contributed by atoms with van der Waals surface area (Å²) in [4.78, 5) is 12.4. The fraction of sp³-hybridized carbons (Fsp3) is 0.400. The molecule has 142 valence electrons. The molecular formula is C15H19ClN4O3S3. The first-order valence-corrected chi connectivity index (χ1v) is 11.5. The van der Waals surface area contributed by atoms with Crippen molar-refractivity contribution in [1.29, 1.82) is 0 Å². The third kappa shape index (κ3) is 5.83. The van der Waals surface area contributed by atoms with E-state index < -0.39 is 15.9 Å². The molecule has 0 spiro atoms. The highest BCUT2D eigenvalue weighted by molar-refractivity contribution is 8.01. The minimum Gasteiger partial charge on any atom is -0.299 e. The summed E-state index contributed by atoms with van der Waals surface area (Å²) < 4.78 is 26.1. The van der Waals surface area contributed by atoms with Crippen LogP contribution in [0.1, 0.15) is 19.4 Å². The lowest BCUT2D eigenvalue weighted by molar-refractivity contribution is -0.114. The molecule has 0 fully saturated rings. The molecule has 1 heterocycles. The van der Waals surface area contributed by atoms with E-state index in [9.17, 15) is 13.2 Å². The highest BCUT2D eigenvalue weighted by Gasteiger charge is 2.23. The molecule has 1 N–H and O–H groups in total. The van der Waals surface area contributed by atoms with E-state index in [0.717, 1.165) is 14.9 Å². The molecule has 26 heavy (non-hydrogen) atoms. The molecule has 0 unspecified atom stereocenters. The molecule has 0 saturated carbocycles. The number of carbonyl (C=O) groups is 1. The zero-order valence-corrected chi connectivity index (χ0v) is 17.9. The van der Waals surface area contributed by atoms with Gasteiger partial charge < -0.3 is 0 Å². The average Bonchev–Trinajstić information content (AvgIpc) is 2.92. The summed E-state index contributed by atoms with van der Waals surface area (Å²) in [5, 5.41) is 11.6. The number of aryl methyl sites for hydroxylation is 1. The van der Waals surface area contributed by atoms with E-state index in [-0.39, 0.29) is 6.54 Å². The number of benzene rings is 1. The first-order valence-electron chi connectivity index (χ1n) is 7.60. The van der Waals surface area contributed by atoms with Gasteiger partial charge in [-0.25, -0.2) is 8.42 Å². The van der Waals surface area contributed by atoms with Crippen LogP contribution in [0, 0.1) is 6.92 Å². The van der Waals surface area contributed by atoms with Gasteiger partial charge in [0.05, 0.1) is 11.9 Å². The maximum atomic E-state index is 12.4. The van der Waals surface area contributed by atoms with Crippen LogP contribution in [0.4, 0.5) is 10.8 Å². The smallest absolute Gasteiger partial charge is 0.246 e. The van der Waals surface area contributed by atoms with Gasteiger partial charge in [-0.2, -0.15) is 0 Å². The summed E-state index contributed by atoms with van der Waals surface area (Å²) in [6.07, 6.45) is 1.04. The van der Waals surface area contributed by atoms with Crippen molar-refractivity contribution in [3.8, 4) is 0 Å². The predicted octanol–water partition coefficient (Wildman–Crippen LogP) is 3.41. The predicted molar refractivity (Wildman–Crippen MR) is 108 cm³/mol. The number of thioether (sulfide) groups is 1. The number of sulfonamides is 1. The van der Waals surface area contributed by atoms with E-state index in [1.54, 1.807) is 19.1 Å². The number of nitrogens with zero attached hydrogens (tertiary/aromatic N) is 3. The number of hydrogen-bond donors (Lipinski definition) is 1. The molecule has 2 aromatic rings. The van der Waals surface area contributed by atoms with Crippen LogP contribution in [0.15, 0.2) is 22.5 Å². The summed E-state index contributed by atoms with van der Waals surface area (Å²) in [5.41, 5.74) is 1.06. The lowest BCUT2D eigenvalue weighted by Crippen LogP contribution is -2.37. The zero-order chi connectivity index (χ0) is 19.5. The van der Waals surface area contributed by atoms with Gasteiger partial charge in [-0.15, -0.1) is 10.2 Å². The summed E-state index contributed by atoms with van der Waals surface area (Å²) in [7, 11) is -3.68. The highest BCUT2D eigenvalue weighted by atomic mass is 35.5. The molecule has 0 radical (unpaired) electrons. The van der Waals surface area contributed by atoms with Crippen molar-refractivity contribution < 1.29 is 13.2 Å². The second-order valence-electron chi connectivity index (χ2n) is 5.79. The number of carbonyl (C=O) groups excluding carboxylic acids is 1. The van der Waals surface area contributed by atoms with E-state index in [4.69, 9.17) is 11.6 Å². The van der Waals surface area contributed by atoms with Crippen LogP contribution < -0.4 is 9.62 Å². The summed E-state index contributed by atoms with van der Waals surface area (Å²) in [6.45, 7) is 5.43. The zero-order valence-electron chi connectivity index (χ0n) is 14.7. The minimum absolute atomic E-state index is 0.328. The van der Waals surface area contributed by atoms with Crippen LogP contribution >= 0.6 is 34.7 Å². The van der Waals surface area contributed by atoms with Gasteiger partial charge in [-0.05, 0) is 24.6 Å². The normalized spacial score (nSPS) is 11.6. The number of anilines is 2. The molecule has 0 bridgehead atoms. The largest absolute Gasteiger partial charge is 0.299 e. The van der Waals surface area contributed by atoms with Crippen LogP contribution in [0.3, 0.4) is 0 Å². The average molecular weight is 435 g/mol. The summed E-state index contributed by atoms with van der Waals surface area (Å²) in [6, 6.07) is 4.89. The molecule has 0 saturated heterocycles. The minimum atomic E-state index is -3.68. The Bertz CT molecular complexity index is 899. The maximum Gasteiger partial charge on any atom is 0.246 e. The Kier molecular flexibility index (Phi) is 6.89. The Morgan fingerprint density at radius 2 is 2.08 bits per heavy atom. The van der Waals surface area contributed by atoms with Gasteiger partial charge in [0.2, 0.25) is 21.1 Å². The fourth-order valence-corrected chi connectivity index (χ4v) is 5.09. The van der Waals surface area contributed by atoms with E-state index >= 15 is 0 Å². The summed E-state index contributed by atoms with van der Waals surface area (Å²) >= 11 is 8.76. The van der Waals surface area contributed by atoms with Crippen LogP contribution in [0.5, 0.6) is 0 Å². The molecule has 0 aliphatic carbocycles. The second-order valence-corrected chi connectivity index (χ2v) is 10.9. The Morgan fingerprint density at radius 1 is 1.38 bits per heavy atom. The van der Waals surface area contributed by atoms with Crippen molar-refractivity contribution in [2.75, 3.05) is 22.4 Å². The van der Waals surface area contributed by atoms with Gasteiger partial charge >= 0.3 is 0 Å². The number of hydrogen-bond acceptors (Lipinski definition) is 7. The van der Waals surface area contributed by atoms with Crippen molar-refractivity contribution in [3.63, 3.8) is 0 Å². The number of aromatic nitrogens is 2. The number of halogens is 1. The van der Waals surface area contributed by atoms with Gasteiger partial charge in [0.25, 0.3) is 0 Å². The van der Waals surface area contributed by atoms with Crippen molar-refractivity contribution in [1.82, 2.24) is 10.2 Å². The van der Waals surface area contributed by atoms with Crippen LogP contribution in [0.2, 0.25) is 5.02 Å². The Balaban J connectivity index is 2.17. The van der Waals surface area contributed by atoms with Gasteiger partial charge in [0.15, 0.2) is 4.34 Å². The monoisotopic (exact) mass is 434 g/mol. The SMILES string of the molecule is Cc1ccc(Cl)cc1N(CC(=O)Nc1nnc(SC(C)C)s1)S(C)(=O)=O. The van der Waals surface area contributed by atoms with E-state index in [0.29, 0.717) is 26.7 Å². The van der Waals surface area contributed by atoms with Gasteiger partial charge in [-0.3, -0.25) is 14.4 Å². The Labute approximate surface area is 166 Å². The second kappa shape index (κ2) is 8.55. The molecule has 7 nitrogen and oxygen atoms in total. The summed E-state index contributed by atoms with van der Waals surface area (Å²) in [5.74, 6) is -0.507. The molecule has 2 rings (SSSR count). The molecule has 11 heteroatoms. The third-order valence-electron chi connectivity index (χ3n) is 3.12. The van der Waals surface area contributed by atoms with Crippen LogP contribution in [-0.4, -0.2) is 42.6 Å². The van der Waals surface area contributed by atoms with Gasteiger partial charge in [-0.1, -0.05) is 54.6 Å². The lowest BCUT2D eigenvalue weighted by atomic mass is 10.2.